The van der Waals surface area contributed by atoms with Gasteiger partial charge in [-0.05, 0) is 48.7 Å². The molecule has 0 fully saturated rings. The highest BCUT2D eigenvalue weighted by molar-refractivity contribution is 9.10. The Morgan fingerprint density at radius 1 is 1.04 bits per heavy atom. The minimum atomic E-state index is -0.446. The maximum atomic E-state index is 12.7. The van der Waals surface area contributed by atoms with Crippen molar-refractivity contribution in [2.45, 2.75) is 20.3 Å². The number of amides is 1. The number of aryl methyl sites for hydroxylation is 1. The molecule has 0 unspecified atom stereocenters. The third-order valence-electron chi connectivity index (χ3n) is 4.28. The second kappa shape index (κ2) is 9.17. The first-order valence-electron chi connectivity index (χ1n) is 8.98. The van der Waals surface area contributed by atoms with Crippen molar-refractivity contribution in [1.82, 2.24) is 0 Å². The summed E-state index contributed by atoms with van der Waals surface area (Å²) < 4.78 is 6.19. The van der Waals surface area contributed by atoms with Crippen molar-refractivity contribution in [2.75, 3.05) is 11.9 Å². The van der Waals surface area contributed by atoms with E-state index in [0.717, 1.165) is 27.6 Å². The van der Waals surface area contributed by atoms with Crippen molar-refractivity contribution in [3.05, 3.63) is 75.1 Å². The fourth-order valence-corrected chi connectivity index (χ4v) is 3.98. The Balaban J connectivity index is 1.94. The van der Waals surface area contributed by atoms with E-state index in [2.05, 4.69) is 28.2 Å². The number of halogens is 1. The lowest BCUT2D eigenvalue weighted by Gasteiger charge is -2.09. The summed E-state index contributed by atoms with van der Waals surface area (Å²) in [5.41, 5.74) is 3.72. The Hall–Kier alpha value is -2.44. The zero-order valence-corrected chi connectivity index (χ0v) is 18.0. The van der Waals surface area contributed by atoms with Gasteiger partial charge in [0.05, 0.1) is 6.61 Å². The summed E-state index contributed by atoms with van der Waals surface area (Å²) in [6.45, 7) is 4.09. The zero-order chi connectivity index (χ0) is 20.1. The third-order valence-corrected chi connectivity index (χ3v) is 5.70. The first-order chi connectivity index (χ1) is 13.5. The first-order valence-corrected chi connectivity index (χ1v) is 10.7. The van der Waals surface area contributed by atoms with Gasteiger partial charge in [0, 0.05) is 21.0 Å². The summed E-state index contributed by atoms with van der Waals surface area (Å²) in [7, 11) is 0. The molecule has 144 valence electrons. The van der Waals surface area contributed by atoms with E-state index in [1.165, 1.54) is 11.3 Å². The Labute approximate surface area is 176 Å². The molecule has 1 heterocycles. The van der Waals surface area contributed by atoms with Crippen molar-refractivity contribution in [2.24, 2.45) is 0 Å². The van der Waals surface area contributed by atoms with Gasteiger partial charge in [-0.15, -0.1) is 11.3 Å². The van der Waals surface area contributed by atoms with Gasteiger partial charge in [-0.25, -0.2) is 4.79 Å². The van der Waals surface area contributed by atoms with Gasteiger partial charge in [-0.3, -0.25) is 4.79 Å². The normalized spacial score (nSPS) is 10.5. The number of hydrogen-bond acceptors (Lipinski definition) is 4. The van der Waals surface area contributed by atoms with Gasteiger partial charge in [0.15, 0.2) is 0 Å². The Morgan fingerprint density at radius 3 is 2.32 bits per heavy atom. The fraction of sp³-hybridized carbons (Fsp3) is 0.182. The maximum Gasteiger partial charge on any atom is 0.341 e. The monoisotopic (exact) mass is 457 g/mol. The number of benzene rings is 2. The minimum Gasteiger partial charge on any atom is -0.462 e. The molecule has 2 aromatic carbocycles. The SMILES string of the molecule is CCOC(=O)c1c(-c2ccc(Br)cc2)csc1NC(=O)c1ccc(CC)cc1. The molecule has 0 saturated carbocycles. The standard InChI is InChI=1S/C22H20BrNO3S/c1-3-14-5-7-16(8-6-14)20(25)24-21-19(22(26)27-4-2)18(13-28-21)15-9-11-17(23)12-10-15/h5-13H,3-4H2,1-2H3,(H,24,25). The molecule has 0 radical (unpaired) electrons. The van der Waals surface area contributed by atoms with Gasteiger partial charge in [-0.2, -0.15) is 0 Å². The zero-order valence-electron chi connectivity index (χ0n) is 15.6. The Kier molecular flexibility index (Phi) is 6.65. The van der Waals surface area contributed by atoms with Gasteiger partial charge < -0.3 is 10.1 Å². The van der Waals surface area contributed by atoms with Crippen molar-refractivity contribution in [3.63, 3.8) is 0 Å². The van der Waals surface area contributed by atoms with Crippen LogP contribution in [-0.4, -0.2) is 18.5 Å². The third kappa shape index (κ3) is 4.51. The van der Waals surface area contributed by atoms with Crippen molar-refractivity contribution in [1.29, 1.82) is 0 Å². The largest absolute Gasteiger partial charge is 0.462 e. The summed E-state index contributed by atoms with van der Waals surface area (Å²) in [5, 5.41) is 5.23. The number of carbonyl (C=O) groups is 2. The lowest BCUT2D eigenvalue weighted by molar-refractivity contribution is 0.0529. The number of rotatable bonds is 6. The van der Waals surface area contributed by atoms with E-state index < -0.39 is 5.97 Å². The molecule has 0 aliphatic rings. The van der Waals surface area contributed by atoms with Crippen LogP contribution in [0.5, 0.6) is 0 Å². The summed E-state index contributed by atoms with van der Waals surface area (Å²) in [4.78, 5) is 25.3. The van der Waals surface area contributed by atoms with E-state index in [9.17, 15) is 9.59 Å². The Bertz CT molecular complexity index is 978. The summed E-state index contributed by atoms with van der Waals surface area (Å²) >= 11 is 4.73. The fourth-order valence-electron chi connectivity index (χ4n) is 2.76. The number of hydrogen-bond donors (Lipinski definition) is 1. The molecule has 3 aromatic rings. The maximum absolute atomic E-state index is 12.7. The van der Waals surface area contributed by atoms with Gasteiger partial charge in [0.1, 0.15) is 10.6 Å². The van der Waals surface area contributed by atoms with E-state index in [1.54, 1.807) is 19.1 Å². The minimum absolute atomic E-state index is 0.252. The second-order valence-corrected chi connectivity index (χ2v) is 7.88. The molecule has 6 heteroatoms. The van der Waals surface area contributed by atoms with E-state index in [0.29, 0.717) is 16.1 Å². The van der Waals surface area contributed by atoms with Gasteiger partial charge in [0.2, 0.25) is 0 Å². The van der Waals surface area contributed by atoms with Crippen molar-refractivity contribution in [3.8, 4) is 11.1 Å². The van der Waals surface area contributed by atoms with Crippen LogP contribution in [0.15, 0.2) is 58.4 Å². The Morgan fingerprint density at radius 2 is 1.71 bits per heavy atom. The molecule has 0 aliphatic carbocycles. The average Bonchev–Trinajstić information content (AvgIpc) is 3.12. The van der Waals surface area contributed by atoms with E-state index in [1.807, 2.05) is 41.8 Å². The van der Waals surface area contributed by atoms with Crippen LogP contribution >= 0.6 is 27.3 Å². The molecular weight excluding hydrogens is 438 g/mol. The number of anilines is 1. The second-order valence-electron chi connectivity index (χ2n) is 6.09. The molecule has 0 aliphatic heterocycles. The number of ether oxygens (including phenoxy) is 1. The van der Waals surface area contributed by atoms with Crippen molar-refractivity contribution >= 4 is 44.1 Å². The van der Waals surface area contributed by atoms with Gasteiger partial charge >= 0.3 is 5.97 Å². The van der Waals surface area contributed by atoms with Crippen LogP contribution in [0.1, 0.15) is 40.1 Å². The summed E-state index contributed by atoms with van der Waals surface area (Å²) in [6, 6.07) is 15.1. The first kappa shape index (κ1) is 20.3. The van der Waals surface area contributed by atoms with Crippen LogP contribution in [0.3, 0.4) is 0 Å². The lowest BCUT2D eigenvalue weighted by Crippen LogP contribution is -2.14. The molecule has 0 saturated heterocycles. The molecular formula is C22H20BrNO3S. The predicted molar refractivity (Wildman–Crippen MR) is 117 cm³/mol. The molecule has 0 atom stereocenters. The number of thiophene rings is 1. The van der Waals surface area contributed by atoms with E-state index in [-0.39, 0.29) is 12.5 Å². The highest BCUT2D eigenvalue weighted by Crippen LogP contribution is 2.37. The topological polar surface area (TPSA) is 55.4 Å². The smallest absolute Gasteiger partial charge is 0.341 e. The van der Waals surface area contributed by atoms with E-state index in [4.69, 9.17) is 4.74 Å². The molecule has 1 amide bonds. The van der Waals surface area contributed by atoms with Crippen LogP contribution in [0, 0.1) is 0 Å². The van der Waals surface area contributed by atoms with Crippen LogP contribution in [0.4, 0.5) is 5.00 Å². The van der Waals surface area contributed by atoms with Crippen LogP contribution < -0.4 is 5.32 Å². The molecule has 1 N–H and O–H groups in total. The molecule has 28 heavy (non-hydrogen) atoms. The van der Waals surface area contributed by atoms with Gasteiger partial charge in [-0.1, -0.05) is 47.1 Å². The highest BCUT2D eigenvalue weighted by Gasteiger charge is 2.23. The highest BCUT2D eigenvalue weighted by atomic mass is 79.9. The molecule has 3 rings (SSSR count). The molecule has 1 aromatic heterocycles. The van der Waals surface area contributed by atoms with Gasteiger partial charge in [0.25, 0.3) is 5.91 Å². The summed E-state index contributed by atoms with van der Waals surface area (Å²) in [5.74, 6) is -0.698. The number of esters is 1. The number of nitrogens with one attached hydrogen (secondary N) is 1. The van der Waals surface area contributed by atoms with Crippen molar-refractivity contribution < 1.29 is 14.3 Å². The van der Waals surface area contributed by atoms with Crippen LogP contribution in [0.25, 0.3) is 11.1 Å². The molecule has 4 nitrogen and oxygen atoms in total. The quantitative estimate of drug-likeness (QED) is 0.450. The predicted octanol–water partition coefficient (Wildman–Crippen LogP) is 6.17. The number of carbonyl (C=O) groups excluding carboxylic acids is 2. The molecule has 0 bridgehead atoms. The van der Waals surface area contributed by atoms with E-state index >= 15 is 0 Å². The van der Waals surface area contributed by atoms with Crippen LogP contribution in [0.2, 0.25) is 0 Å². The molecule has 0 spiro atoms. The lowest BCUT2D eigenvalue weighted by atomic mass is 10.0. The van der Waals surface area contributed by atoms with Crippen LogP contribution in [-0.2, 0) is 11.2 Å². The summed E-state index contributed by atoms with van der Waals surface area (Å²) in [6.07, 6.45) is 0.913. The average molecular weight is 458 g/mol.